The summed E-state index contributed by atoms with van der Waals surface area (Å²) >= 11 is 0. The van der Waals surface area contributed by atoms with Crippen LogP contribution < -0.4 is 0 Å². The van der Waals surface area contributed by atoms with Gasteiger partial charge in [0.15, 0.2) is 0 Å². The number of allylic oxidation sites excluding steroid dienone is 3. The average Bonchev–Trinajstić information content (AvgIpc) is 1.87. The number of carbonyl (C=O) groups excluding carboxylic acids is 2. The Morgan fingerprint density at radius 2 is 1.89 bits per heavy atom. The largest absolute Gasteiger partial charge is 0.286 e. The first-order valence-corrected chi connectivity index (χ1v) is 2.55. The second-order valence-electron chi connectivity index (χ2n) is 1.43. The van der Waals surface area contributed by atoms with Crippen LogP contribution in [0, 0.1) is 0 Å². The Kier molecular flexibility index (Phi) is 3.28. The smallest absolute Gasteiger partial charge is 0.225 e. The van der Waals surface area contributed by atoms with Gasteiger partial charge in [0.2, 0.25) is 11.6 Å². The van der Waals surface area contributed by atoms with Gasteiger partial charge in [-0.1, -0.05) is 12.7 Å². The molecule has 9 heavy (non-hydrogen) atoms. The molecule has 2 nitrogen and oxygen atoms in total. The lowest BCUT2D eigenvalue weighted by Gasteiger charge is -1.81. The summed E-state index contributed by atoms with van der Waals surface area (Å²) in [6.07, 6.45) is 3.73. The van der Waals surface area contributed by atoms with E-state index in [1.807, 2.05) is 0 Å². The van der Waals surface area contributed by atoms with Crippen molar-refractivity contribution in [2.24, 2.45) is 0 Å². The predicted molar refractivity (Wildman–Crippen MR) is 35.0 cm³/mol. The van der Waals surface area contributed by atoms with E-state index in [0.29, 0.717) is 0 Å². The van der Waals surface area contributed by atoms with Gasteiger partial charge in [0.05, 0.1) is 0 Å². The van der Waals surface area contributed by atoms with Crippen LogP contribution in [-0.2, 0) is 9.59 Å². The standard InChI is InChI=1S/C7H8O2/c1-3-5-7(9)6(8)4-2/h3-5H,2H2,1H3/b5-3-. The topological polar surface area (TPSA) is 34.1 Å². The Bertz CT molecular complexity index is 166. The molecular weight excluding hydrogens is 116 g/mol. The minimum absolute atomic E-state index is 0.521. The fourth-order valence-electron chi connectivity index (χ4n) is 0.334. The van der Waals surface area contributed by atoms with Crippen LogP contribution in [0.4, 0.5) is 0 Å². The van der Waals surface area contributed by atoms with Crippen molar-refractivity contribution in [2.45, 2.75) is 6.92 Å². The van der Waals surface area contributed by atoms with Crippen LogP contribution in [0.2, 0.25) is 0 Å². The summed E-state index contributed by atoms with van der Waals surface area (Å²) in [6.45, 7) is 4.83. The molecule has 0 aromatic carbocycles. The highest BCUT2D eigenvalue weighted by Gasteiger charge is 2.02. The van der Waals surface area contributed by atoms with Gasteiger partial charge < -0.3 is 0 Å². The molecule has 0 saturated carbocycles. The molecule has 0 bridgehead atoms. The minimum atomic E-state index is -0.562. The molecule has 0 aliphatic carbocycles. The van der Waals surface area contributed by atoms with Gasteiger partial charge in [-0.3, -0.25) is 9.59 Å². The summed E-state index contributed by atoms with van der Waals surface area (Å²) in [4.78, 5) is 20.8. The lowest BCUT2D eigenvalue weighted by atomic mass is 10.2. The Morgan fingerprint density at radius 3 is 2.22 bits per heavy atom. The maximum atomic E-state index is 10.5. The quantitative estimate of drug-likeness (QED) is 0.413. The van der Waals surface area contributed by atoms with E-state index in [9.17, 15) is 9.59 Å². The number of hydrogen-bond donors (Lipinski definition) is 0. The monoisotopic (exact) mass is 124 g/mol. The lowest BCUT2D eigenvalue weighted by molar-refractivity contribution is -0.130. The van der Waals surface area contributed by atoms with Crippen LogP contribution in [0.15, 0.2) is 24.8 Å². The highest BCUT2D eigenvalue weighted by Crippen LogP contribution is 1.80. The van der Waals surface area contributed by atoms with E-state index < -0.39 is 11.6 Å². The normalized spacial score (nSPS) is 9.44. The summed E-state index contributed by atoms with van der Waals surface area (Å²) in [5, 5.41) is 0. The first-order chi connectivity index (χ1) is 4.22. The van der Waals surface area contributed by atoms with Crippen molar-refractivity contribution in [3.05, 3.63) is 24.8 Å². The Morgan fingerprint density at radius 1 is 1.33 bits per heavy atom. The predicted octanol–water partition coefficient (Wildman–Crippen LogP) is 0.887. The number of hydrogen-bond acceptors (Lipinski definition) is 2. The molecule has 0 N–H and O–H groups in total. The maximum absolute atomic E-state index is 10.5. The van der Waals surface area contributed by atoms with Gasteiger partial charge in [0.25, 0.3) is 0 Å². The Hall–Kier alpha value is -1.18. The van der Waals surface area contributed by atoms with Gasteiger partial charge in [-0.15, -0.1) is 0 Å². The highest BCUT2D eigenvalue weighted by molar-refractivity contribution is 6.45. The van der Waals surface area contributed by atoms with Gasteiger partial charge in [0, 0.05) is 0 Å². The van der Waals surface area contributed by atoms with Crippen LogP contribution in [0.25, 0.3) is 0 Å². The molecule has 0 atom stereocenters. The van der Waals surface area contributed by atoms with Gasteiger partial charge in [-0.05, 0) is 19.1 Å². The van der Waals surface area contributed by atoms with Gasteiger partial charge in [0.1, 0.15) is 0 Å². The van der Waals surface area contributed by atoms with Crippen LogP contribution in [-0.4, -0.2) is 11.6 Å². The molecule has 0 aliphatic rings. The zero-order valence-corrected chi connectivity index (χ0v) is 5.26. The first-order valence-electron chi connectivity index (χ1n) is 2.55. The second kappa shape index (κ2) is 3.78. The zero-order valence-electron chi connectivity index (χ0n) is 5.26. The lowest BCUT2D eigenvalue weighted by Crippen LogP contribution is -2.05. The summed E-state index contributed by atoms with van der Waals surface area (Å²) in [6, 6.07) is 0. The molecule has 0 aromatic rings. The third kappa shape index (κ3) is 2.59. The van der Waals surface area contributed by atoms with Gasteiger partial charge in [-0.25, -0.2) is 0 Å². The molecule has 0 rings (SSSR count). The van der Waals surface area contributed by atoms with E-state index in [1.54, 1.807) is 6.92 Å². The molecule has 0 aromatic heterocycles. The third-order valence-corrected chi connectivity index (χ3v) is 0.746. The van der Waals surface area contributed by atoms with Crippen molar-refractivity contribution in [1.29, 1.82) is 0 Å². The highest BCUT2D eigenvalue weighted by atomic mass is 16.2. The summed E-state index contributed by atoms with van der Waals surface area (Å²) in [5.74, 6) is -1.08. The van der Waals surface area contributed by atoms with E-state index in [4.69, 9.17) is 0 Å². The number of ketones is 2. The molecule has 2 heteroatoms. The fraction of sp³-hybridized carbons (Fsp3) is 0.143. The summed E-state index contributed by atoms with van der Waals surface area (Å²) in [5.41, 5.74) is 0. The van der Waals surface area contributed by atoms with Gasteiger partial charge in [-0.2, -0.15) is 0 Å². The van der Waals surface area contributed by atoms with Crippen molar-refractivity contribution in [3.8, 4) is 0 Å². The Labute approximate surface area is 53.9 Å². The van der Waals surface area contributed by atoms with E-state index in [-0.39, 0.29) is 0 Å². The van der Waals surface area contributed by atoms with E-state index in [0.717, 1.165) is 6.08 Å². The van der Waals surface area contributed by atoms with Crippen molar-refractivity contribution in [2.75, 3.05) is 0 Å². The second-order valence-corrected chi connectivity index (χ2v) is 1.43. The molecule has 0 saturated heterocycles. The fourth-order valence-corrected chi connectivity index (χ4v) is 0.334. The van der Waals surface area contributed by atoms with Crippen molar-refractivity contribution in [1.82, 2.24) is 0 Å². The molecule has 0 heterocycles. The molecule has 0 aliphatic heterocycles. The van der Waals surface area contributed by atoms with E-state index in [1.165, 1.54) is 12.2 Å². The molecule has 48 valence electrons. The van der Waals surface area contributed by atoms with Crippen LogP contribution in [0.3, 0.4) is 0 Å². The maximum Gasteiger partial charge on any atom is 0.225 e. The van der Waals surface area contributed by atoms with Crippen molar-refractivity contribution >= 4 is 11.6 Å². The molecule has 0 fully saturated rings. The van der Waals surface area contributed by atoms with Gasteiger partial charge >= 0.3 is 0 Å². The van der Waals surface area contributed by atoms with E-state index in [2.05, 4.69) is 6.58 Å². The Balaban J connectivity index is 4.04. The average molecular weight is 124 g/mol. The van der Waals surface area contributed by atoms with Crippen LogP contribution in [0.5, 0.6) is 0 Å². The number of rotatable bonds is 3. The first kappa shape index (κ1) is 7.82. The molecule has 0 amide bonds. The molecular formula is C7H8O2. The SMILES string of the molecule is C=CC(=O)C(=O)/C=C\C. The molecule has 0 spiro atoms. The third-order valence-electron chi connectivity index (χ3n) is 0.746. The van der Waals surface area contributed by atoms with Crippen molar-refractivity contribution in [3.63, 3.8) is 0 Å². The van der Waals surface area contributed by atoms with E-state index >= 15 is 0 Å². The molecule has 0 unspecified atom stereocenters. The molecule has 0 radical (unpaired) electrons. The van der Waals surface area contributed by atoms with Crippen molar-refractivity contribution < 1.29 is 9.59 Å². The number of carbonyl (C=O) groups is 2. The van der Waals surface area contributed by atoms with Crippen LogP contribution in [0.1, 0.15) is 6.92 Å². The minimum Gasteiger partial charge on any atom is -0.286 e. The zero-order chi connectivity index (χ0) is 7.28. The summed E-state index contributed by atoms with van der Waals surface area (Å²) < 4.78 is 0. The summed E-state index contributed by atoms with van der Waals surface area (Å²) in [7, 11) is 0. The van der Waals surface area contributed by atoms with Crippen LogP contribution >= 0.6 is 0 Å².